The lowest BCUT2D eigenvalue weighted by molar-refractivity contribution is -0.159. The molecule has 0 aromatic carbocycles. The van der Waals surface area contributed by atoms with Crippen molar-refractivity contribution in [3.8, 4) is 0 Å². The predicted molar refractivity (Wildman–Crippen MR) is 146 cm³/mol. The number of aliphatic hydroxyl groups excluding tert-OH is 1. The van der Waals surface area contributed by atoms with Crippen molar-refractivity contribution in [3.05, 3.63) is 22.7 Å². The monoisotopic (exact) mass is 609 g/mol. The van der Waals surface area contributed by atoms with Gasteiger partial charge in [-0.3, -0.25) is 19.2 Å². The molecular formula is C28H40BrN3O7. The van der Waals surface area contributed by atoms with Gasteiger partial charge in [-0.15, -0.1) is 0 Å². The standard InChI is InChI=1S/C28H40BrN3O7/c1-15(2)11-18(14-33)32-24-26(36)31(16(3)4)10-8-6-7-9-20(34)30-13-17(5)38-27(37)21-22(25(32)35)28(24)12-19(29)23(21)39-28/h6,8,12,15-18,21-24,33H,7,9-11,13-14H2,1-5H3,(H,30,34)/b8-6-/t17-,18+,21+,22-,23+,24+,28-/m0/s1. The lowest BCUT2D eigenvalue weighted by Gasteiger charge is -2.40. The zero-order valence-corrected chi connectivity index (χ0v) is 24.8. The average Bonchev–Trinajstić information content (AvgIpc) is 3.45. The second-order valence-corrected chi connectivity index (χ2v) is 12.6. The molecule has 3 amide bonds. The van der Waals surface area contributed by atoms with E-state index in [0.717, 1.165) is 0 Å². The van der Waals surface area contributed by atoms with Crippen molar-refractivity contribution in [3.63, 3.8) is 0 Å². The van der Waals surface area contributed by atoms with Crippen LogP contribution in [0.15, 0.2) is 22.7 Å². The Balaban J connectivity index is 1.84. The van der Waals surface area contributed by atoms with Crippen LogP contribution in [0.1, 0.15) is 53.9 Å². The Morgan fingerprint density at radius 3 is 2.51 bits per heavy atom. The van der Waals surface area contributed by atoms with E-state index in [-0.39, 0.29) is 49.9 Å². The first-order chi connectivity index (χ1) is 18.4. The fourth-order valence-electron chi connectivity index (χ4n) is 6.32. The Morgan fingerprint density at radius 1 is 1.15 bits per heavy atom. The third-order valence-corrected chi connectivity index (χ3v) is 8.71. The average molecular weight is 611 g/mol. The van der Waals surface area contributed by atoms with Crippen molar-refractivity contribution >= 4 is 39.6 Å². The number of hydrogen-bond acceptors (Lipinski definition) is 7. The van der Waals surface area contributed by atoms with Gasteiger partial charge in [0.15, 0.2) is 0 Å². The number of amides is 3. The molecule has 2 N–H and O–H groups in total. The van der Waals surface area contributed by atoms with Gasteiger partial charge < -0.3 is 29.7 Å². The highest BCUT2D eigenvalue weighted by atomic mass is 79.9. The molecule has 10 nitrogen and oxygen atoms in total. The number of nitrogens with zero attached hydrogens (tertiary/aromatic N) is 2. The van der Waals surface area contributed by atoms with Crippen molar-refractivity contribution in [1.82, 2.24) is 15.1 Å². The number of fused-ring (bicyclic) bond motifs is 2. The molecule has 2 saturated heterocycles. The number of allylic oxidation sites excluding steroid dienone is 1. The second kappa shape index (κ2) is 11.7. The number of likely N-dealkylation sites (tertiary alicyclic amines) is 1. The number of aliphatic hydroxyl groups is 1. The summed E-state index contributed by atoms with van der Waals surface area (Å²) in [5.74, 6) is -3.29. The summed E-state index contributed by atoms with van der Waals surface area (Å²) in [5, 5.41) is 13.2. The van der Waals surface area contributed by atoms with Crippen LogP contribution >= 0.6 is 15.9 Å². The molecule has 0 aromatic heterocycles. The summed E-state index contributed by atoms with van der Waals surface area (Å²) in [4.78, 5) is 57.7. The number of esters is 1. The van der Waals surface area contributed by atoms with E-state index < -0.39 is 53.6 Å². The van der Waals surface area contributed by atoms with Gasteiger partial charge in [0.05, 0.1) is 25.1 Å². The minimum atomic E-state index is -1.38. The third kappa shape index (κ3) is 5.41. The molecule has 0 saturated carbocycles. The van der Waals surface area contributed by atoms with Gasteiger partial charge in [0.25, 0.3) is 0 Å². The number of carbonyl (C=O) groups is 4. The summed E-state index contributed by atoms with van der Waals surface area (Å²) in [6, 6.07) is -1.89. The quantitative estimate of drug-likeness (QED) is 0.360. The van der Waals surface area contributed by atoms with Gasteiger partial charge in [0, 0.05) is 23.5 Å². The van der Waals surface area contributed by atoms with E-state index in [0.29, 0.717) is 17.3 Å². The van der Waals surface area contributed by atoms with Crippen molar-refractivity contribution in [2.24, 2.45) is 17.8 Å². The fraction of sp³-hybridized carbons (Fsp3) is 0.714. The predicted octanol–water partition coefficient (Wildman–Crippen LogP) is 1.90. The molecule has 0 aliphatic carbocycles. The maximum Gasteiger partial charge on any atom is 0.313 e. The van der Waals surface area contributed by atoms with Gasteiger partial charge in [-0.1, -0.05) is 41.9 Å². The second-order valence-electron chi connectivity index (χ2n) is 11.7. The summed E-state index contributed by atoms with van der Waals surface area (Å²) in [5.41, 5.74) is -1.38. The Hall–Kier alpha value is -2.24. The molecule has 216 valence electrons. The first kappa shape index (κ1) is 29.7. The minimum absolute atomic E-state index is 0.142. The number of cyclic esters (lactones) is 1. The summed E-state index contributed by atoms with van der Waals surface area (Å²) >= 11 is 3.53. The highest BCUT2D eigenvalue weighted by Crippen LogP contribution is 2.59. The molecular weight excluding hydrogens is 570 g/mol. The third-order valence-electron chi connectivity index (χ3n) is 8.03. The zero-order valence-electron chi connectivity index (χ0n) is 23.3. The van der Waals surface area contributed by atoms with E-state index in [1.807, 2.05) is 39.8 Å². The molecule has 7 atom stereocenters. The van der Waals surface area contributed by atoms with Crippen LogP contribution in [0.5, 0.6) is 0 Å². The van der Waals surface area contributed by atoms with Crippen molar-refractivity contribution in [1.29, 1.82) is 0 Å². The summed E-state index contributed by atoms with van der Waals surface area (Å²) in [7, 11) is 0. The van der Waals surface area contributed by atoms with E-state index in [4.69, 9.17) is 9.47 Å². The molecule has 5 bridgehead atoms. The van der Waals surface area contributed by atoms with Crippen LogP contribution in [0.4, 0.5) is 0 Å². The van der Waals surface area contributed by atoms with Crippen LogP contribution in [0.2, 0.25) is 0 Å². The van der Waals surface area contributed by atoms with E-state index >= 15 is 0 Å². The van der Waals surface area contributed by atoms with Crippen LogP contribution in [0.25, 0.3) is 0 Å². The normalized spacial score (nSPS) is 35.3. The first-order valence-electron chi connectivity index (χ1n) is 13.8. The highest BCUT2D eigenvalue weighted by molar-refractivity contribution is 9.11. The maximum absolute atomic E-state index is 14.4. The Labute approximate surface area is 238 Å². The molecule has 39 heavy (non-hydrogen) atoms. The van der Waals surface area contributed by atoms with Crippen molar-refractivity contribution in [2.45, 2.75) is 89.8 Å². The van der Waals surface area contributed by atoms with Gasteiger partial charge in [0.1, 0.15) is 29.8 Å². The molecule has 4 aliphatic rings. The molecule has 0 radical (unpaired) electrons. The SMILES string of the molecule is CC(C)C[C@H](CO)N1C(=O)[C@@H]2[C@H]3C(=O)O[C@@H](C)CNC(=O)CC/C=C\CN(C(C)C)C(=O)[C@@H]1[C@]21C=C(Br)[C@H]3O1. The molecule has 4 rings (SSSR count). The van der Waals surface area contributed by atoms with Crippen LogP contribution in [-0.4, -0.2) is 94.2 Å². The van der Waals surface area contributed by atoms with Gasteiger partial charge in [-0.05, 0) is 45.6 Å². The zero-order chi connectivity index (χ0) is 28.6. The molecule has 2 fully saturated rings. The Kier molecular flexibility index (Phi) is 8.92. The Bertz CT molecular complexity index is 1060. The highest BCUT2D eigenvalue weighted by Gasteiger charge is 2.75. The fourth-order valence-corrected chi connectivity index (χ4v) is 7.05. The first-order valence-corrected chi connectivity index (χ1v) is 14.6. The lowest BCUT2D eigenvalue weighted by Crippen LogP contribution is -2.59. The molecule has 4 aliphatic heterocycles. The van der Waals surface area contributed by atoms with E-state index in [1.54, 1.807) is 17.9 Å². The number of nitrogens with one attached hydrogen (secondary N) is 1. The van der Waals surface area contributed by atoms with Crippen LogP contribution in [-0.2, 0) is 28.7 Å². The number of halogens is 1. The van der Waals surface area contributed by atoms with Gasteiger partial charge in [-0.2, -0.15) is 0 Å². The number of hydrogen-bond donors (Lipinski definition) is 2. The smallest absolute Gasteiger partial charge is 0.313 e. The van der Waals surface area contributed by atoms with Gasteiger partial charge >= 0.3 is 5.97 Å². The van der Waals surface area contributed by atoms with Crippen LogP contribution in [0.3, 0.4) is 0 Å². The number of carbonyl (C=O) groups excluding carboxylic acids is 4. The maximum atomic E-state index is 14.4. The molecule has 4 heterocycles. The van der Waals surface area contributed by atoms with Gasteiger partial charge in [-0.25, -0.2) is 0 Å². The largest absolute Gasteiger partial charge is 0.460 e. The van der Waals surface area contributed by atoms with Crippen molar-refractivity contribution in [2.75, 3.05) is 19.7 Å². The number of ether oxygens (including phenoxy) is 2. The van der Waals surface area contributed by atoms with Gasteiger partial charge in [0.2, 0.25) is 17.7 Å². The Morgan fingerprint density at radius 2 is 1.87 bits per heavy atom. The molecule has 0 aromatic rings. The van der Waals surface area contributed by atoms with E-state index in [9.17, 15) is 24.3 Å². The minimum Gasteiger partial charge on any atom is -0.460 e. The molecule has 0 unspecified atom stereocenters. The summed E-state index contributed by atoms with van der Waals surface area (Å²) in [6.45, 7) is 9.57. The van der Waals surface area contributed by atoms with E-state index in [2.05, 4.69) is 21.2 Å². The van der Waals surface area contributed by atoms with E-state index in [1.165, 1.54) is 4.90 Å². The topological polar surface area (TPSA) is 125 Å². The van der Waals surface area contributed by atoms with Crippen LogP contribution in [0, 0.1) is 17.8 Å². The summed E-state index contributed by atoms with van der Waals surface area (Å²) < 4.78 is 12.8. The molecule has 11 heteroatoms. The lowest BCUT2D eigenvalue weighted by atomic mass is 9.74. The van der Waals surface area contributed by atoms with Crippen molar-refractivity contribution < 1.29 is 33.8 Å². The number of rotatable bonds is 5. The van der Waals surface area contributed by atoms with Crippen LogP contribution < -0.4 is 5.32 Å². The summed E-state index contributed by atoms with van der Waals surface area (Å²) in [6.07, 6.45) is 5.33. The molecule has 1 spiro atoms.